The number of unbranched alkanes of at least 4 members (excludes halogenated alkanes) is 3. The first-order chi connectivity index (χ1) is 13.0. The van der Waals surface area contributed by atoms with Gasteiger partial charge < -0.3 is 4.79 Å². The third-order valence-corrected chi connectivity index (χ3v) is 4.76. The minimum absolute atomic E-state index is 0.255. The van der Waals surface area contributed by atoms with Gasteiger partial charge in [-0.25, -0.2) is 0 Å². The van der Waals surface area contributed by atoms with Gasteiger partial charge in [0.1, 0.15) is 5.78 Å². The molecule has 0 aromatic heterocycles. The zero-order valence-electron chi connectivity index (χ0n) is 16.7. The number of hydrogen-bond donors (Lipinski definition) is 1. The number of benzene rings is 2. The van der Waals surface area contributed by atoms with Crippen molar-refractivity contribution >= 4 is 17.5 Å². The summed E-state index contributed by atoms with van der Waals surface area (Å²) in [7, 11) is 0. The zero-order valence-corrected chi connectivity index (χ0v) is 16.7. The molecule has 0 saturated carbocycles. The molecule has 3 heteroatoms. The molecule has 0 aliphatic heterocycles. The largest absolute Gasteiger partial charge is 0.300 e. The van der Waals surface area contributed by atoms with Gasteiger partial charge in [0.15, 0.2) is 0 Å². The van der Waals surface area contributed by atoms with E-state index in [9.17, 15) is 10.0 Å². The van der Waals surface area contributed by atoms with Crippen LogP contribution in [0.25, 0.3) is 17.2 Å². The highest BCUT2D eigenvalue weighted by Gasteiger charge is 2.05. The van der Waals surface area contributed by atoms with Gasteiger partial charge in [0, 0.05) is 13.0 Å². The molecule has 144 valence electrons. The molecule has 0 aliphatic carbocycles. The Labute approximate surface area is 163 Å². The van der Waals surface area contributed by atoms with Crippen LogP contribution in [0.2, 0.25) is 0 Å². The SMILES string of the molecule is C/C=C\c1ccc(-c2ccc(N(O)CCCCCCC(C)=O)cc2)cc1C. The van der Waals surface area contributed by atoms with Gasteiger partial charge in [-0.1, -0.05) is 55.3 Å². The van der Waals surface area contributed by atoms with E-state index in [1.54, 1.807) is 6.92 Å². The molecule has 0 spiro atoms. The molecular formula is C24H31NO2. The Morgan fingerprint density at radius 1 is 1.00 bits per heavy atom. The van der Waals surface area contributed by atoms with Crippen LogP contribution < -0.4 is 5.06 Å². The van der Waals surface area contributed by atoms with Crippen molar-refractivity contribution in [3.05, 3.63) is 59.7 Å². The quantitative estimate of drug-likeness (QED) is 0.389. The highest BCUT2D eigenvalue weighted by Crippen LogP contribution is 2.25. The number of aryl methyl sites for hydroxylation is 1. The van der Waals surface area contributed by atoms with Crippen LogP contribution in [0.3, 0.4) is 0 Å². The molecular weight excluding hydrogens is 334 g/mol. The molecule has 2 rings (SSSR count). The monoisotopic (exact) mass is 365 g/mol. The predicted molar refractivity (Wildman–Crippen MR) is 114 cm³/mol. The average Bonchev–Trinajstić information content (AvgIpc) is 2.66. The molecule has 0 radical (unpaired) electrons. The summed E-state index contributed by atoms with van der Waals surface area (Å²) in [5.41, 5.74) is 5.63. The number of hydroxylamine groups is 1. The van der Waals surface area contributed by atoms with E-state index in [-0.39, 0.29) is 5.78 Å². The molecule has 0 aliphatic rings. The third-order valence-electron chi connectivity index (χ3n) is 4.76. The summed E-state index contributed by atoms with van der Waals surface area (Å²) in [5, 5.41) is 11.6. The number of Topliss-reactive ketones (excluding diaryl/α,β-unsaturated/α-hetero) is 1. The lowest BCUT2D eigenvalue weighted by Crippen LogP contribution is -2.19. The van der Waals surface area contributed by atoms with Crippen molar-refractivity contribution in [2.75, 3.05) is 11.6 Å². The predicted octanol–water partition coefficient (Wildman–Crippen LogP) is 6.43. The molecule has 2 aromatic rings. The van der Waals surface area contributed by atoms with E-state index in [1.807, 2.05) is 19.1 Å². The minimum Gasteiger partial charge on any atom is -0.300 e. The standard InChI is InChI=1S/C24H31NO2/c1-4-9-21-11-12-23(18-19(21)2)22-13-15-24(16-14-22)25(27)17-8-6-5-7-10-20(3)26/h4,9,11-16,18,27H,5-8,10,17H2,1-3H3/b9-4-. The van der Waals surface area contributed by atoms with Gasteiger partial charge in [0.05, 0.1) is 5.69 Å². The number of ketones is 1. The van der Waals surface area contributed by atoms with Gasteiger partial charge >= 0.3 is 0 Å². The summed E-state index contributed by atoms with van der Waals surface area (Å²) < 4.78 is 0. The van der Waals surface area contributed by atoms with Crippen LogP contribution in [0, 0.1) is 6.92 Å². The number of carbonyl (C=O) groups excluding carboxylic acids is 1. The summed E-state index contributed by atoms with van der Waals surface area (Å²) in [6.45, 7) is 6.39. The fraction of sp³-hybridized carbons (Fsp3) is 0.375. The minimum atomic E-state index is 0.255. The van der Waals surface area contributed by atoms with E-state index in [4.69, 9.17) is 0 Å². The molecule has 1 N–H and O–H groups in total. The highest BCUT2D eigenvalue weighted by atomic mass is 16.5. The molecule has 0 fully saturated rings. The van der Waals surface area contributed by atoms with Crippen LogP contribution in [0.5, 0.6) is 0 Å². The smallest absolute Gasteiger partial charge is 0.129 e. The maximum Gasteiger partial charge on any atom is 0.129 e. The highest BCUT2D eigenvalue weighted by molar-refractivity contribution is 5.75. The maximum absolute atomic E-state index is 10.9. The number of hydrogen-bond acceptors (Lipinski definition) is 3. The lowest BCUT2D eigenvalue weighted by molar-refractivity contribution is -0.117. The van der Waals surface area contributed by atoms with Crippen LogP contribution in [-0.4, -0.2) is 17.5 Å². The molecule has 0 heterocycles. The summed E-state index contributed by atoms with van der Waals surface area (Å²) in [6, 6.07) is 14.5. The van der Waals surface area contributed by atoms with E-state index in [0.717, 1.165) is 36.9 Å². The molecule has 2 aromatic carbocycles. The maximum atomic E-state index is 10.9. The van der Waals surface area contributed by atoms with E-state index >= 15 is 0 Å². The Morgan fingerprint density at radius 3 is 2.30 bits per heavy atom. The fourth-order valence-electron chi connectivity index (χ4n) is 3.17. The molecule has 0 bridgehead atoms. The topological polar surface area (TPSA) is 40.5 Å². The molecule has 27 heavy (non-hydrogen) atoms. The Kier molecular flexibility index (Phi) is 8.28. The van der Waals surface area contributed by atoms with Crippen molar-refractivity contribution in [1.29, 1.82) is 0 Å². The molecule has 0 unspecified atom stereocenters. The second kappa shape index (κ2) is 10.7. The first kappa shape index (κ1) is 20.9. The molecule has 0 saturated heterocycles. The fourth-order valence-corrected chi connectivity index (χ4v) is 3.17. The van der Waals surface area contributed by atoms with Gasteiger partial charge in [-0.3, -0.25) is 10.3 Å². The second-order valence-electron chi connectivity index (χ2n) is 7.11. The third kappa shape index (κ3) is 6.69. The Morgan fingerprint density at radius 2 is 1.67 bits per heavy atom. The summed E-state index contributed by atoms with van der Waals surface area (Å²) >= 11 is 0. The summed E-state index contributed by atoms with van der Waals surface area (Å²) in [6.07, 6.45) is 8.76. The number of rotatable bonds is 10. The zero-order chi connectivity index (χ0) is 19.6. The van der Waals surface area contributed by atoms with Crippen LogP contribution in [0.4, 0.5) is 5.69 Å². The molecule has 0 atom stereocenters. The van der Waals surface area contributed by atoms with Crippen LogP contribution in [0.1, 0.15) is 57.1 Å². The average molecular weight is 366 g/mol. The normalized spacial score (nSPS) is 11.1. The van der Waals surface area contributed by atoms with E-state index in [0.29, 0.717) is 13.0 Å². The van der Waals surface area contributed by atoms with Crippen molar-refractivity contribution in [1.82, 2.24) is 0 Å². The van der Waals surface area contributed by atoms with Gasteiger partial charge in [0.25, 0.3) is 0 Å². The van der Waals surface area contributed by atoms with Gasteiger partial charge in [-0.15, -0.1) is 0 Å². The number of anilines is 1. The van der Waals surface area contributed by atoms with Crippen LogP contribution in [0.15, 0.2) is 48.5 Å². The first-order valence-corrected chi connectivity index (χ1v) is 9.81. The van der Waals surface area contributed by atoms with Gasteiger partial charge in [-0.2, -0.15) is 0 Å². The van der Waals surface area contributed by atoms with Gasteiger partial charge in [0.2, 0.25) is 0 Å². The summed E-state index contributed by atoms with van der Waals surface area (Å²) in [5.74, 6) is 0.255. The van der Waals surface area contributed by atoms with Crippen molar-refractivity contribution in [3.63, 3.8) is 0 Å². The van der Waals surface area contributed by atoms with Crippen LogP contribution in [-0.2, 0) is 4.79 Å². The Hall–Kier alpha value is -2.39. The second-order valence-corrected chi connectivity index (χ2v) is 7.11. The van der Waals surface area contributed by atoms with E-state index in [1.165, 1.54) is 21.8 Å². The Bertz CT molecular complexity index is 762. The lowest BCUT2D eigenvalue weighted by atomic mass is 9.99. The van der Waals surface area contributed by atoms with Crippen molar-refractivity contribution in [2.45, 2.75) is 52.9 Å². The van der Waals surface area contributed by atoms with Crippen LogP contribution >= 0.6 is 0 Å². The Balaban J connectivity index is 1.89. The van der Waals surface area contributed by atoms with Crippen molar-refractivity contribution in [2.24, 2.45) is 0 Å². The first-order valence-electron chi connectivity index (χ1n) is 9.81. The van der Waals surface area contributed by atoms with Crippen molar-refractivity contribution < 1.29 is 10.0 Å². The molecule has 0 amide bonds. The number of allylic oxidation sites excluding steroid dienone is 1. The van der Waals surface area contributed by atoms with E-state index < -0.39 is 0 Å². The van der Waals surface area contributed by atoms with Gasteiger partial charge in [-0.05, 0) is 68.0 Å². The lowest BCUT2D eigenvalue weighted by Gasteiger charge is -2.17. The number of carbonyl (C=O) groups is 1. The number of nitrogens with zero attached hydrogens (tertiary/aromatic N) is 1. The summed E-state index contributed by atoms with van der Waals surface area (Å²) in [4.78, 5) is 10.9. The van der Waals surface area contributed by atoms with E-state index in [2.05, 4.69) is 49.4 Å². The van der Waals surface area contributed by atoms with Crippen molar-refractivity contribution in [3.8, 4) is 11.1 Å². The molecule has 3 nitrogen and oxygen atoms in total.